The Bertz CT molecular complexity index is 861. The van der Waals surface area contributed by atoms with Crippen molar-refractivity contribution in [3.63, 3.8) is 0 Å². The minimum atomic E-state index is -4.38. The third-order valence-electron chi connectivity index (χ3n) is 4.96. The van der Waals surface area contributed by atoms with Gasteiger partial charge in [-0.05, 0) is 48.7 Å². The highest BCUT2D eigenvalue weighted by molar-refractivity contribution is 7.86. The minimum absolute atomic E-state index is 0.0507. The molecule has 2 aromatic carbocycles. The van der Waals surface area contributed by atoms with Crippen molar-refractivity contribution >= 4 is 10.1 Å². The highest BCUT2D eigenvalue weighted by Gasteiger charge is 2.16. The van der Waals surface area contributed by atoms with E-state index in [1.165, 1.54) is 63.1 Å². The van der Waals surface area contributed by atoms with E-state index in [4.69, 9.17) is 4.74 Å². The topological polar surface area (TPSA) is 83.8 Å². The quantitative estimate of drug-likeness (QED) is 0.285. The van der Waals surface area contributed by atoms with Crippen LogP contribution in [-0.4, -0.2) is 18.1 Å². The van der Waals surface area contributed by atoms with Gasteiger partial charge in [-0.2, -0.15) is 8.42 Å². The van der Waals surface area contributed by atoms with Gasteiger partial charge in [0, 0.05) is 0 Å². The van der Waals surface area contributed by atoms with Crippen molar-refractivity contribution in [2.24, 2.45) is 0 Å². The molecule has 2 rings (SSSR count). The minimum Gasteiger partial charge on any atom is -0.508 e. The van der Waals surface area contributed by atoms with Gasteiger partial charge in [0.05, 0.1) is 0 Å². The number of ether oxygens (including phenoxy) is 1. The van der Waals surface area contributed by atoms with E-state index < -0.39 is 10.1 Å². The van der Waals surface area contributed by atoms with Crippen molar-refractivity contribution in [3.05, 3.63) is 48.0 Å². The summed E-state index contributed by atoms with van der Waals surface area (Å²) >= 11 is 0. The molecule has 5 nitrogen and oxygen atoms in total. The summed E-state index contributed by atoms with van der Waals surface area (Å²) in [4.78, 5) is -0.284. The molecule has 0 aromatic heterocycles. The normalized spacial score (nSPS) is 11.5. The molecule has 0 aliphatic rings. The van der Waals surface area contributed by atoms with Crippen LogP contribution in [0.15, 0.2) is 47.4 Å². The maximum atomic E-state index is 11.5. The lowest BCUT2D eigenvalue weighted by molar-refractivity contribution is 0.442. The molecular weight excluding hydrogens is 388 g/mol. The van der Waals surface area contributed by atoms with Gasteiger partial charge >= 0.3 is 0 Å². The summed E-state index contributed by atoms with van der Waals surface area (Å²) in [5.41, 5.74) is 0.773. The second kappa shape index (κ2) is 11.8. The molecule has 0 aliphatic carbocycles. The van der Waals surface area contributed by atoms with E-state index in [0.717, 1.165) is 24.8 Å². The number of unbranched alkanes of at least 4 members (excludes halogenated alkanes) is 8. The molecule has 2 aromatic rings. The summed E-state index contributed by atoms with van der Waals surface area (Å²) in [5.74, 6) is 0.680. The predicted octanol–water partition coefficient (Wildman–Crippen LogP) is 6.50. The zero-order chi connectivity index (χ0) is 21.1. The van der Waals surface area contributed by atoms with Crippen molar-refractivity contribution in [1.29, 1.82) is 0 Å². The van der Waals surface area contributed by atoms with Crippen molar-refractivity contribution in [2.75, 3.05) is 0 Å². The van der Waals surface area contributed by atoms with E-state index >= 15 is 0 Å². The number of aromatic hydroxyl groups is 1. The van der Waals surface area contributed by atoms with Gasteiger partial charge in [0.1, 0.15) is 22.1 Å². The highest BCUT2D eigenvalue weighted by atomic mass is 32.2. The number of hydrogen-bond donors (Lipinski definition) is 2. The van der Waals surface area contributed by atoms with Gasteiger partial charge in [-0.15, -0.1) is 0 Å². The van der Waals surface area contributed by atoms with Gasteiger partial charge in [0.25, 0.3) is 10.1 Å². The molecule has 0 heterocycles. The fraction of sp³-hybridized carbons (Fsp3) is 0.478. The smallest absolute Gasteiger partial charge is 0.298 e. The van der Waals surface area contributed by atoms with Crippen molar-refractivity contribution < 1.29 is 22.8 Å². The van der Waals surface area contributed by atoms with E-state index in [1.54, 1.807) is 24.3 Å². The molecule has 6 heteroatoms. The summed E-state index contributed by atoms with van der Waals surface area (Å²) in [5, 5.41) is 10.1. The van der Waals surface area contributed by atoms with E-state index in [2.05, 4.69) is 6.92 Å². The first-order valence-corrected chi connectivity index (χ1v) is 11.9. The molecule has 0 spiro atoms. The molecule has 29 heavy (non-hydrogen) atoms. The lowest BCUT2D eigenvalue weighted by Gasteiger charge is -2.11. The number of phenolic OH excluding ortho intramolecular Hbond substituents is 1. The fourth-order valence-electron chi connectivity index (χ4n) is 3.33. The van der Waals surface area contributed by atoms with Gasteiger partial charge < -0.3 is 9.84 Å². The first-order valence-electron chi connectivity index (χ1n) is 10.5. The van der Waals surface area contributed by atoms with Crippen LogP contribution in [0.4, 0.5) is 0 Å². The van der Waals surface area contributed by atoms with Gasteiger partial charge in [0.15, 0.2) is 0 Å². The summed E-state index contributed by atoms with van der Waals surface area (Å²) in [7, 11) is -4.38. The Morgan fingerprint density at radius 2 is 1.48 bits per heavy atom. The molecule has 2 N–H and O–H groups in total. The Morgan fingerprint density at radius 3 is 2.14 bits per heavy atom. The maximum absolute atomic E-state index is 11.5. The zero-order valence-corrected chi connectivity index (χ0v) is 18.0. The molecule has 0 saturated heterocycles. The Kier molecular flexibility index (Phi) is 9.48. The molecule has 0 radical (unpaired) electrons. The van der Waals surface area contributed by atoms with E-state index in [1.807, 2.05) is 0 Å². The van der Waals surface area contributed by atoms with Crippen LogP contribution in [0, 0.1) is 0 Å². The van der Waals surface area contributed by atoms with E-state index in [0.29, 0.717) is 5.75 Å². The van der Waals surface area contributed by atoms with E-state index in [-0.39, 0.29) is 16.4 Å². The SMILES string of the molecule is CCCCCCCCCCCc1cc(Oc2ccccc2S(=O)(=O)O)ccc1O. The van der Waals surface area contributed by atoms with Crippen LogP contribution >= 0.6 is 0 Å². The van der Waals surface area contributed by atoms with Crippen molar-refractivity contribution in [1.82, 2.24) is 0 Å². The Labute approximate surface area is 174 Å². The molecule has 0 atom stereocenters. The molecule has 0 saturated carbocycles. The van der Waals surface area contributed by atoms with Gasteiger partial charge in [-0.3, -0.25) is 4.55 Å². The second-order valence-electron chi connectivity index (χ2n) is 7.39. The number of para-hydroxylation sites is 1. The predicted molar refractivity (Wildman–Crippen MR) is 115 cm³/mol. The molecular formula is C23H32O5S. The highest BCUT2D eigenvalue weighted by Crippen LogP contribution is 2.31. The molecule has 0 amide bonds. The summed E-state index contributed by atoms with van der Waals surface area (Å²) < 4.78 is 38.0. The van der Waals surface area contributed by atoms with Crippen LogP contribution < -0.4 is 4.74 Å². The molecule has 160 valence electrons. The molecule has 0 fully saturated rings. The molecule has 0 aliphatic heterocycles. The van der Waals surface area contributed by atoms with Gasteiger partial charge in [0.2, 0.25) is 0 Å². The Hall–Kier alpha value is -2.05. The third kappa shape index (κ3) is 8.07. The summed E-state index contributed by atoms with van der Waals surface area (Å²) in [6.45, 7) is 2.22. The standard InChI is InChI=1S/C23H32O5S/c1-2-3-4-5-6-7-8-9-10-13-19-18-20(16-17-21(19)24)28-22-14-11-12-15-23(22)29(25,26)27/h11-12,14-18,24H,2-10,13H2,1H3,(H,25,26,27). The zero-order valence-electron chi connectivity index (χ0n) is 17.1. The van der Waals surface area contributed by atoms with Gasteiger partial charge in [-0.25, -0.2) is 0 Å². The average molecular weight is 421 g/mol. The Morgan fingerprint density at radius 1 is 0.862 bits per heavy atom. The maximum Gasteiger partial charge on any atom is 0.298 e. The van der Waals surface area contributed by atoms with Crippen LogP contribution in [0.2, 0.25) is 0 Å². The largest absolute Gasteiger partial charge is 0.508 e. The third-order valence-corrected chi connectivity index (χ3v) is 5.85. The number of rotatable bonds is 13. The number of hydrogen-bond acceptors (Lipinski definition) is 4. The van der Waals surface area contributed by atoms with Crippen LogP contribution in [-0.2, 0) is 16.5 Å². The fourth-order valence-corrected chi connectivity index (χ4v) is 3.94. The Balaban J connectivity index is 1.88. The van der Waals surface area contributed by atoms with Gasteiger partial charge in [-0.1, -0.05) is 70.4 Å². The summed E-state index contributed by atoms with van der Waals surface area (Å²) in [6.07, 6.45) is 11.8. The number of benzene rings is 2. The van der Waals surface area contributed by atoms with Crippen LogP contribution in [0.3, 0.4) is 0 Å². The second-order valence-corrected chi connectivity index (χ2v) is 8.78. The average Bonchev–Trinajstić information content (AvgIpc) is 2.68. The number of aryl methyl sites for hydroxylation is 1. The van der Waals surface area contributed by atoms with Crippen LogP contribution in [0.25, 0.3) is 0 Å². The van der Waals surface area contributed by atoms with Crippen LogP contribution in [0.5, 0.6) is 17.2 Å². The first-order chi connectivity index (χ1) is 13.9. The van der Waals surface area contributed by atoms with Crippen molar-refractivity contribution in [3.8, 4) is 17.2 Å². The number of phenols is 1. The van der Waals surface area contributed by atoms with Crippen molar-refractivity contribution in [2.45, 2.75) is 76.0 Å². The summed E-state index contributed by atoms with van der Waals surface area (Å²) in [6, 6.07) is 10.8. The monoisotopic (exact) mass is 420 g/mol. The van der Waals surface area contributed by atoms with E-state index in [9.17, 15) is 18.1 Å². The van der Waals surface area contributed by atoms with Crippen LogP contribution in [0.1, 0.15) is 70.3 Å². The lowest BCUT2D eigenvalue weighted by atomic mass is 10.0. The molecule has 0 unspecified atom stereocenters. The first kappa shape index (κ1) is 23.2. The molecule has 0 bridgehead atoms. The lowest BCUT2D eigenvalue weighted by Crippen LogP contribution is -2.01.